The summed E-state index contributed by atoms with van der Waals surface area (Å²) in [7, 11) is 0. The molecule has 2 aromatic carbocycles. The summed E-state index contributed by atoms with van der Waals surface area (Å²) < 4.78 is 0. The third kappa shape index (κ3) is 2.47. The summed E-state index contributed by atoms with van der Waals surface area (Å²) in [4.78, 5) is 15.2. The lowest BCUT2D eigenvalue weighted by molar-refractivity contribution is 1.35. The van der Waals surface area contributed by atoms with E-state index < -0.39 is 0 Å². The van der Waals surface area contributed by atoms with Crippen molar-refractivity contribution in [1.82, 2.24) is 4.98 Å². The number of fused-ring (bicyclic) bond motifs is 1. The van der Waals surface area contributed by atoms with Gasteiger partial charge in [-0.15, -0.1) is 0 Å². The number of hydrogen-bond donors (Lipinski definition) is 1. The van der Waals surface area contributed by atoms with Crippen LogP contribution >= 0.6 is 0 Å². The van der Waals surface area contributed by atoms with Crippen molar-refractivity contribution < 1.29 is 0 Å². The van der Waals surface area contributed by atoms with Gasteiger partial charge in [-0.25, -0.2) is 0 Å². The highest BCUT2D eigenvalue weighted by molar-refractivity contribution is 5.80. The molecule has 0 saturated heterocycles. The van der Waals surface area contributed by atoms with Crippen molar-refractivity contribution in [2.75, 3.05) is 0 Å². The molecule has 0 atom stereocenters. The monoisotopic (exact) mass is 247 g/mol. The fourth-order valence-electron chi connectivity index (χ4n) is 2.06. The molecular formula is C17H13NO. The van der Waals surface area contributed by atoms with Crippen molar-refractivity contribution in [3.63, 3.8) is 0 Å². The molecule has 19 heavy (non-hydrogen) atoms. The molecule has 0 unspecified atom stereocenters. The second-order valence-electron chi connectivity index (χ2n) is 4.38. The summed E-state index contributed by atoms with van der Waals surface area (Å²) in [5.41, 5.74) is 2.83. The van der Waals surface area contributed by atoms with E-state index in [0.29, 0.717) is 0 Å². The fraction of sp³-hybridized carbons (Fsp3) is 0. The summed E-state index contributed by atoms with van der Waals surface area (Å²) in [6, 6.07) is 19.2. The molecule has 0 aliphatic heterocycles. The van der Waals surface area contributed by atoms with Gasteiger partial charge < -0.3 is 4.98 Å². The minimum Gasteiger partial charge on any atom is -0.355 e. The Bertz CT molecular complexity index is 785. The Morgan fingerprint density at radius 2 is 1.58 bits per heavy atom. The standard InChI is InChI=1S/C17H13NO/c19-17-12-14(11-10-13-6-2-1-3-7-13)18-16-9-5-4-8-15(16)17/h1-12H,(H,18,19)/b11-10+. The first-order valence-corrected chi connectivity index (χ1v) is 6.18. The van der Waals surface area contributed by atoms with Gasteiger partial charge in [0.25, 0.3) is 0 Å². The van der Waals surface area contributed by atoms with E-state index in [1.54, 1.807) is 6.07 Å². The quantitative estimate of drug-likeness (QED) is 0.736. The maximum absolute atomic E-state index is 12.0. The molecule has 2 nitrogen and oxygen atoms in total. The van der Waals surface area contributed by atoms with Crippen LogP contribution in [-0.2, 0) is 0 Å². The molecule has 0 aliphatic carbocycles. The summed E-state index contributed by atoms with van der Waals surface area (Å²) in [5, 5.41) is 0.722. The number of aromatic amines is 1. The summed E-state index contributed by atoms with van der Waals surface area (Å²) in [5.74, 6) is 0. The van der Waals surface area contributed by atoms with Crippen LogP contribution < -0.4 is 5.43 Å². The lowest BCUT2D eigenvalue weighted by Crippen LogP contribution is -2.02. The highest BCUT2D eigenvalue weighted by atomic mass is 16.1. The Kier molecular flexibility index (Phi) is 2.99. The SMILES string of the molecule is O=c1cc(/C=C/c2ccccc2)[nH]c2ccccc12. The Hall–Kier alpha value is -2.61. The van der Waals surface area contributed by atoms with Crippen molar-refractivity contribution in [3.05, 3.63) is 82.1 Å². The molecule has 92 valence electrons. The van der Waals surface area contributed by atoms with Gasteiger partial charge in [-0.3, -0.25) is 4.79 Å². The number of H-pyrrole nitrogens is 1. The minimum absolute atomic E-state index is 0.0436. The van der Waals surface area contributed by atoms with Crippen molar-refractivity contribution in [2.24, 2.45) is 0 Å². The first kappa shape index (κ1) is 11.5. The van der Waals surface area contributed by atoms with Crippen LogP contribution in [0.4, 0.5) is 0 Å². The average molecular weight is 247 g/mol. The van der Waals surface area contributed by atoms with Crippen LogP contribution in [0.1, 0.15) is 11.3 Å². The summed E-state index contributed by atoms with van der Waals surface area (Å²) >= 11 is 0. The predicted octanol–water partition coefficient (Wildman–Crippen LogP) is 3.70. The van der Waals surface area contributed by atoms with Gasteiger partial charge in [0.15, 0.2) is 5.43 Å². The molecule has 1 heterocycles. The summed E-state index contributed by atoms with van der Waals surface area (Å²) in [6.07, 6.45) is 3.91. The topological polar surface area (TPSA) is 32.9 Å². The number of pyridine rings is 1. The minimum atomic E-state index is 0.0436. The zero-order valence-electron chi connectivity index (χ0n) is 10.3. The highest BCUT2D eigenvalue weighted by Crippen LogP contribution is 2.10. The van der Waals surface area contributed by atoms with Crippen LogP contribution in [0.5, 0.6) is 0 Å². The van der Waals surface area contributed by atoms with Gasteiger partial charge in [0.1, 0.15) is 0 Å². The van der Waals surface area contributed by atoms with Crippen molar-refractivity contribution in [1.29, 1.82) is 0 Å². The molecule has 2 heteroatoms. The molecule has 0 radical (unpaired) electrons. The Morgan fingerprint density at radius 1 is 0.842 bits per heavy atom. The second kappa shape index (κ2) is 4.94. The zero-order chi connectivity index (χ0) is 13.1. The molecule has 0 saturated carbocycles. The van der Waals surface area contributed by atoms with Crippen LogP contribution in [0.3, 0.4) is 0 Å². The average Bonchev–Trinajstić information content (AvgIpc) is 2.46. The maximum Gasteiger partial charge on any atom is 0.189 e. The number of hydrogen-bond acceptors (Lipinski definition) is 1. The molecule has 0 amide bonds. The van der Waals surface area contributed by atoms with E-state index in [9.17, 15) is 4.79 Å². The van der Waals surface area contributed by atoms with Gasteiger partial charge in [-0.1, -0.05) is 48.5 Å². The van der Waals surface area contributed by atoms with Gasteiger partial charge in [0.2, 0.25) is 0 Å². The van der Waals surface area contributed by atoms with Crippen LogP contribution in [0.2, 0.25) is 0 Å². The Balaban J connectivity index is 2.02. The number of rotatable bonds is 2. The van der Waals surface area contributed by atoms with Crippen molar-refractivity contribution >= 4 is 23.1 Å². The van der Waals surface area contributed by atoms with Gasteiger partial charge >= 0.3 is 0 Å². The number of aromatic nitrogens is 1. The highest BCUT2D eigenvalue weighted by Gasteiger charge is 1.98. The first-order chi connectivity index (χ1) is 9.33. The number of nitrogens with one attached hydrogen (secondary N) is 1. The molecule has 0 aliphatic rings. The van der Waals surface area contributed by atoms with Crippen molar-refractivity contribution in [2.45, 2.75) is 0 Å². The summed E-state index contributed by atoms with van der Waals surface area (Å²) in [6.45, 7) is 0. The van der Waals surface area contributed by atoms with E-state index in [2.05, 4.69) is 4.98 Å². The smallest absolute Gasteiger partial charge is 0.189 e. The molecule has 0 bridgehead atoms. The van der Waals surface area contributed by atoms with E-state index in [1.807, 2.05) is 66.7 Å². The molecular weight excluding hydrogens is 234 g/mol. The lowest BCUT2D eigenvalue weighted by atomic mass is 10.1. The van der Waals surface area contributed by atoms with E-state index in [1.165, 1.54) is 0 Å². The molecule has 1 aromatic heterocycles. The largest absolute Gasteiger partial charge is 0.355 e. The second-order valence-corrected chi connectivity index (χ2v) is 4.38. The van der Waals surface area contributed by atoms with Crippen LogP contribution in [0, 0.1) is 0 Å². The fourth-order valence-corrected chi connectivity index (χ4v) is 2.06. The van der Waals surface area contributed by atoms with E-state index >= 15 is 0 Å². The lowest BCUT2D eigenvalue weighted by Gasteiger charge is -2.00. The normalized spacial score (nSPS) is 11.2. The van der Waals surface area contributed by atoms with E-state index in [4.69, 9.17) is 0 Å². The van der Waals surface area contributed by atoms with Crippen LogP contribution in [0.15, 0.2) is 65.5 Å². The van der Waals surface area contributed by atoms with E-state index in [0.717, 1.165) is 22.2 Å². The third-order valence-electron chi connectivity index (χ3n) is 3.01. The molecule has 3 rings (SSSR count). The number of para-hydroxylation sites is 1. The van der Waals surface area contributed by atoms with Gasteiger partial charge in [0.05, 0.1) is 0 Å². The van der Waals surface area contributed by atoms with Crippen molar-refractivity contribution in [3.8, 4) is 0 Å². The van der Waals surface area contributed by atoms with Crippen LogP contribution in [-0.4, -0.2) is 4.98 Å². The van der Waals surface area contributed by atoms with Crippen LogP contribution in [0.25, 0.3) is 23.1 Å². The van der Waals surface area contributed by atoms with Gasteiger partial charge in [-0.2, -0.15) is 0 Å². The Morgan fingerprint density at radius 3 is 2.42 bits per heavy atom. The molecule has 0 fully saturated rings. The number of benzene rings is 2. The molecule has 1 N–H and O–H groups in total. The molecule has 0 spiro atoms. The zero-order valence-corrected chi connectivity index (χ0v) is 10.3. The maximum atomic E-state index is 12.0. The van der Waals surface area contributed by atoms with Gasteiger partial charge in [-0.05, 0) is 23.8 Å². The predicted molar refractivity (Wildman–Crippen MR) is 79.9 cm³/mol. The molecule has 3 aromatic rings. The first-order valence-electron chi connectivity index (χ1n) is 6.18. The third-order valence-corrected chi connectivity index (χ3v) is 3.01. The van der Waals surface area contributed by atoms with E-state index in [-0.39, 0.29) is 5.43 Å². The van der Waals surface area contributed by atoms with Gasteiger partial charge in [0, 0.05) is 22.7 Å². The Labute approximate surface area is 111 Å².